The van der Waals surface area contributed by atoms with Crippen molar-refractivity contribution in [3.63, 3.8) is 0 Å². The van der Waals surface area contributed by atoms with Crippen molar-refractivity contribution in [1.29, 1.82) is 0 Å². The molecule has 0 bridgehead atoms. The maximum absolute atomic E-state index is 14.8. The summed E-state index contributed by atoms with van der Waals surface area (Å²) < 4.78 is 0. The van der Waals surface area contributed by atoms with E-state index in [1.54, 1.807) is 39.8 Å². The van der Waals surface area contributed by atoms with Gasteiger partial charge in [0.15, 0.2) is 5.78 Å². The van der Waals surface area contributed by atoms with E-state index in [0.717, 1.165) is 37.0 Å². The van der Waals surface area contributed by atoms with Gasteiger partial charge in [-0.1, -0.05) is 59.8 Å². The molecule has 9 atom stereocenters. The van der Waals surface area contributed by atoms with E-state index < -0.39 is 156 Å². The van der Waals surface area contributed by atoms with Gasteiger partial charge in [-0.05, 0) is 102 Å². The lowest BCUT2D eigenvalue weighted by Gasteiger charge is -2.34. The highest BCUT2D eigenvalue weighted by atomic mass is 16.4. The van der Waals surface area contributed by atoms with Gasteiger partial charge in [0.2, 0.25) is 59.1 Å². The van der Waals surface area contributed by atoms with E-state index in [9.17, 15) is 67.7 Å². The Morgan fingerprint density at radius 2 is 1.30 bits per heavy atom. The van der Waals surface area contributed by atoms with Gasteiger partial charge in [-0.3, -0.25) is 62.5 Å². The molecule has 1 aromatic heterocycles. The number of nitrogens with zero attached hydrogens (tertiary/aromatic N) is 2. The average molecular weight is 1170 g/mol. The van der Waals surface area contributed by atoms with Crippen LogP contribution in [0.5, 0.6) is 0 Å². The van der Waals surface area contributed by atoms with Gasteiger partial charge in [0.05, 0.1) is 31.1 Å². The van der Waals surface area contributed by atoms with Crippen LogP contribution in [-0.4, -0.2) is 175 Å². The first-order valence-electron chi connectivity index (χ1n) is 28.5. The molecule has 27 nitrogen and oxygen atoms in total. The number of unbranched alkanes of at least 4 members (excludes halogenated alkanes) is 1. The molecule has 10 amide bonds. The first kappa shape index (κ1) is 70.1. The van der Waals surface area contributed by atoms with Crippen LogP contribution in [0.2, 0.25) is 0 Å². The summed E-state index contributed by atoms with van der Waals surface area (Å²) >= 11 is 0. The zero-order valence-corrected chi connectivity index (χ0v) is 49.2. The van der Waals surface area contributed by atoms with Crippen molar-refractivity contribution in [2.75, 3.05) is 19.7 Å². The van der Waals surface area contributed by atoms with Gasteiger partial charge < -0.3 is 74.2 Å². The summed E-state index contributed by atoms with van der Waals surface area (Å²) in [5.41, 5.74) is 8.05. The predicted octanol–water partition coefficient (Wildman–Crippen LogP) is -1.47. The number of aliphatic carboxylic acids is 1. The Kier molecular flexibility index (Phi) is 27.6. The summed E-state index contributed by atoms with van der Waals surface area (Å²) in [5, 5.41) is 50.7. The number of ketones is 1. The number of carbonyl (C=O) groups excluding carboxylic acids is 11. The molecule has 1 aliphatic heterocycles. The number of pyridine rings is 1. The van der Waals surface area contributed by atoms with E-state index in [2.05, 4.69) is 47.5 Å². The third-order valence-electron chi connectivity index (χ3n) is 15.0. The average Bonchev–Trinajstić information content (AvgIpc) is 4.07. The summed E-state index contributed by atoms with van der Waals surface area (Å²) in [6, 6.07) is -6.76. The van der Waals surface area contributed by atoms with Crippen LogP contribution < -0.4 is 54.0 Å². The molecule has 1 saturated heterocycles. The number of likely N-dealkylation sites (tertiary alicyclic amines) is 1. The zero-order chi connectivity index (χ0) is 62.4. The van der Waals surface area contributed by atoms with Crippen molar-refractivity contribution in [2.45, 2.75) is 218 Å². The van der Waals surface area contributed by atoms with Crippen LogP contribution in [0.1, 0.15) is 157 Å². The first-order valence-corrected chi connectivity index (χ1v) is 28.5. The highest BCUT2D eigenvalue weighted by molar-refractivity contribution is 6.00. The summed E-state index contributed by atoms with van der Waals surface area (Å²) in [4.78, 5) is 167. The molecule has 1 aliphatic carbocycles. The fraction of sp³-hybridized carbons (Fsp3) is 0.696. The number of rotatable bonds is 33. The SMILES string of the molecule is CC[C@](C)(NC(=O)[C@H]1C[C@H](O)CN1C(=O)[C@H](CO)NC(=O)CCC(=O)O)C(=O)N[C@@H](Cc1ccncc1)C(=O)N[C@@H](CC1CCCCC1)C(=O)N[C@@H](CC(C)(C)C)C(=O)N[C@@H](CC(N)=O)C(=O)N[C@@H](CCCCN)C(=O)NC(C)(C)C(C)=O. The third-order valence-corrected chi connectivity index (χ3v) is 15.0. The number of aromatic nitrogens is 1. The summed E-state index contributed by atoms with van der Waals surface area (Å²) in [7, 11) is 0. The topological polar surface area (TPSA) is 430 Å². The minimum absolute atomic E-state index is 0.0230. The Morgan fingerprint density at radius 1 is 0.723 bits per heavy atom. The highest BCUT2D eigenvalue weighted by Crippen LogP contribution is 2.29. The number of primary amides is 1. The number of nitrogens with two attached hydrogens (primary N) is 2. The zero-order valence-electron chi connectivity index (χ0n) is 49.2. The molecule has 1 saturated carbocycles. The van der Waals surface area contributed by atoms with Crippen LogP contribution in [0.15, 0.2) is 24.5 Å². The molecular weight excluding hydrogens is 1080 g/mol. The predicted molar refractivity (Wildman–Crippen MR) is 301 cm³/mol. The number of hydrogen-bond donors (Lipinski definition) is 13. The number of carbonyl (C=O) groups is 12. The standard InChI is InChI=1S/C56H90N12O15/c1-9-56(8,67-51(81)42-27-35(71)30-68(42)52(82)41(31-69)60-44(73)18-19-45(74)75)53(83)65-38(26-34-20-23-59-24-21-34)47(77)62-37(25-33-15-11-10-12-16-33)46(76)64-40(29-54(3,4)5)49(79)63-39(28-43(58)72)48(78)61-36(17-13-14-22-57)50(80)66-55(6,7)32(2)70/h20-21,23-24,33,35-42,69,71H,9-19,22,25-31,57H2,1-8H3,(H2,58,72)(H,60,73)(H,61,78)(H,62,77)(H,63,79)(H,64,76)(H,65,83)(H,66,80)(H,67,81)(H,74,75)/t35-,36-,37-,38-,39-,40-,41-,42+,56-/m0/s1. The molecule has 15 N–H and O–H groups in total. The molecule has 464 valence electrons. The lowest BCUT2D eigenvalue weighted by atomic mass is 9.84. The molecule has 1 aromatic rings. The molecular formula is C56H90N12O15. The highest BCUT2D eigenvalue weighted by Gasteiger charge is 2.45. The maximum Gasteiger partial charge on any atom is 0.303 e. The molecule has 83 heavy (non-hydrogen) atoms. The molecule has 3 rings (SSSR count). The lowest BCUT2D eigenvalue weighted by molar-refractivity contribution is -0.144. The Labute approximate surface area is 484 Å². The fourth-order valence-electron chi connectivity index (χ4n) is 9.67. The molecule has 0 aromatic carbocycles. The van der Waals surface area contributed by atoms with Gasteiger partial charge in [0.1, 0.15) is 47.8 Å². The largest absolute Gasteiger partial charge is 0.481 e. The fourth-order valence-corrected chi connectivity index (χ4v) is 9.67. The third kappa shape index (κ3) is 23.2. The van der Waals surface area contributed by atoms with Gasteiger partial charge in [0, 0.05) is 38.2 Å². The molecule has 0 spiro atoms. The van der Waals surface area contributed by atoms with Gasteiger partial charge in [-0.15, -0.1) is 0 Å². The molecule has 2 heterocycles. The Balaban J connectivity index is 1.97. The van der Waals surface area contributed by atoms with E-state index in [0.29, 0.717) is 24.9 Å². The van der Waals surface area contributed by atoms with Gasteiger partial charge in [-0.2, -0.15) is 0 Å². The number of carboxylic acids is 1. The molecule has 2 aliphatic rings. The maximum atomic E-state index is 14.8. The van der Waals surface area contributed by atoms with E-state index in [4.69, 9.17) is 16.6 Å². The van der Waals surface area contributed by atoms with E-state index in [1.807, 2.05) is 0 Å². The number of hydrogen-bond acceptors (Lipinski definition) is 16. The second-order valence-electron chi connectivity index (χ2n) is 23.7. The van der Waals surface area contributed by atoms with Crippen molar-refractivity contribution in [3.8, 4) is 0 Å². The van der Waals surface area contributed by atoms with Crippen molar-refractivity contribution in [1.82, 2.24) is 52.4 Å². The summed E-state index contributed by atoms with van der Waals surface area (Å²) in [5.74, 6) is -10.3. The van der Waals surface area contributed by atoms with Crippen LogP contribution in [0.4, 0.5) is 0 Å². The monoisotopic (exact) mass is 1170 g/mol. The van der Waals surface area contributed by atoms with E-state index in [-0.39, 0.29) is 56.8 Å². The van der Waals surface area contributed by atoms with Crippen LogP contribution in [0.25, 0.3) is 0 Å². The van der Waals surface area contributed by atoms with Gasteiger partial charge >= 0.3 is 5.97 Å². The molecule has 0 unspecified atom stereocenters. The Bertz CT molecular complexity index is 2450. The number of amides is 10. The summed E-state index contributed by atoms with van der Waals surface area (Å²) in [6.07, 6.45) is 4.64. The van der Waals surface area contributed by atoms with Crippen LogP contribution >= 0.6 is 0 Å². The minimum Gasteiger partial charge on any atom is -0.481 e. The number of carboxylic acid groups (broad SMARTS) is 1. The van der Waals surface area contributed by atoms with Crippen LogP contribution in [0.3, 0.4) is 0 Å². The quantitative estimate of drug-likeness (QED) is 0.0357. The minimum atomic E-state index is -1.79. The van der Waals surface area contributed by atoms with Crippen molar-refractivity contribution in [3.05, 3.63) is 30.1 Å². The smallest absolute Gasteiger partial charge is 0.303 e. The van der Waals surface area contributed by atoms with Gasteiger partial charge in [-0.25, -0.2) is 0 Å². The second-order valence-corrected chi connectivity index (χ2v) is 23.7. The van der Waals surface area contributed by atoms with Crippen molar-refractivity contribution in [2.24, 2.45) is 22.8 Å². The lowest BCUT2D eigenvalue weighted by Crippen LogP contribution is -2.64. The number of β-amino-alcohol motifs (C(OH)–C–C–N with tert-alkyl or cyclic N) is 1. The van der Waals surface area contributed by atoms with Crippen LogP contribution in [0, 0.1) is 11.3 Å². The molecule has 0 radical (unpaired) electrons. The van der Waals surface area contributed by atoms with Crippen molar-refractivity contribution < 1.29 is 72.9 Å². The Morgan fingerprint density at radius 3 is 1.87 bits per heavy atom. The second kappa shape index (κ2) is 32.6. The van der Waals surface area contributed by atoms with E-state index in [1.165, 1.54) is 40.1 Å². The Hall–Kier alpha value is -7.13. The van der Waals surface area contributed by atoms with Crippen LogP contribution in [-0.2, 0) is 64.0 Å². The number of Topliss-reactive ketones (excluding diaryl/α,β-unsaturated/α-hetero) is 1. The van der Waals surface area contributed by atoms with E-state index >= 15 is 0 Å². The first-order chi connectivity index (χ1) is 38.8. The van der Waals surface area contributed by atoms with Crippen molar-refractivity contribution >= 4 is 70.8 Å². The molecule has 27 heteroatoms. The molecule has 2 fully saturated rings. The summed E-state index contributed by atoms with van der Waals surface area (Å²) in [6.45, 7) is 11.6. The normalized spacial score (nSPS) is 18.5. The number of aliphatic hydroxyl groups is 2. The number of aliphatic hydroxyl groups excluding tert-OH is 2. The number of nitrogens with one attached hydrogen (secondary N) is 8. The van der Waals surface area contributed by atoms with Gasteiger partial charge in [0.25, 0.3) is 0 Å².